The maximum Gasteiger partial charge on any atom is 0.294 e. The number of aliphatic imine (C=N–C) groups is 1. The number of guanidine groups is 1. The summed E-state index contributed by atoms with van der Waals surface area (Å²) < 4.78 is 51.1. The third-order valence-corrected chi connectivity index (χ3v) is 6.95. The van der Waals surface area contributed by atoms with Gasteiger partial charge >= 0.3 is 0 Å². The Balaban J connectivity index is 1.61. The van der Waals surface area contributed by atoms with Crippen molar-refractivity contribution in [3.05, 3.63) is 93.7 Å². The first-order valence-electron chi connectivity index (χ1n) is 9.91. The lowest BCUT2D eigenvalue weighted by Gasteiger charge is -2.26. The van der Waals surface area contributed by atoms with Crippen molar-refractivity contribution in [3.63, 3.8) is 0 Å². The number of rotatable bonds is 6. The number of nitrogens with two attached hydrogens (primary N) is 1. The van der Waals surface area contributed by atoms with Crippen LogP contribution in [-0.4, -0.2) is 36.8 Å². The lowest BCUT2D eigenvalue weighted by atomic mass is 9.82. The lowest BCUT2D eigenvalue weighted by molar-refractivity contribution is -0.129. The van der Waals surface area contributed by atoms with Gasteiger partial charge < -0.3 is 10.5 Å². The van der Waals surface area contributed by atoms with Gasteiger partial charge in [0.1, 0.15) is 18.2 Å². The number of carbonyl (C=O) groups is 1. The first-order chi connectivity index (χ1) is 16.0. The predicted octanol–water partition coefficient (Wildman–Crippen LogP) is 3.44. The topological polar surface area (TPSA) is 122 Å². The van der Waals surface area contributed by atoms with Crippen LogP contribution in [0.5, 0.6) is 5.75 Å². The summed E-state index contributed by atoms with van der Waals surface area (Å²) >= 11 is 3.17. The van der Waals surface area contributed by atoms with E-state index in [1.165, 1.54) is 54.4 Å². The van der Waals surface area contributed by atoms with Gasteiger partial charge in [-0.25, -0.2) is 9.38 Å². The minimum atomic E-state index is -4.28. The third-order valence-electron chi connectivity index (χ3n) is 5.48. The average Bonchev–Trinajstić information content (AvgIpc) is 3.04. The van der Waals surface area contributed by atoms with Crippen LogP contribution in [0.2, 0.25) is 0 Å². The number of hydrogen-bond acceptors (Lipinski definition) is 6. The van der Waals surface area contributed by atoms with E-state index in [4.69, 9.17) is 15.0 Å². The Labute approximate surface area is 203 Å². The molecule has 1 unspecified atom stereocenters. The van der Waals surface area contributed by atoms with Gasteiger partial charge in [0.25, 0.3) is 16.0 Å². The number of benzene rings is 3. The van der Waals surface area contributed by atoms with Gasteiger partial charge in [-0.15, -0.1) is 0 Å². The molecule has 3 aromatic rings. The van der Waals surface area contributed by atoms with Gasteiger partial charge in [0.2, 0.25) is 0 Å². The van der Waals surface area contributed by atoms with E-state index in [0.29, 0.717) is 16.9 Å². The maximum absolute atomic E-state index is 13.9. The highest BCUT2D eigenvalue weighted by molar-refractivity contribution is 9.10. The second-order valence-corrected chi connectivity index (χ2v) is 9.88. The Bertz CT molecular complexity index is 1400. The SMILES string of the molecule is CN1C(=O)C(c2ccc(COc3ccc(S(=O)(=O)O)cc3)cc2)(c2ccc(F)c(Br)c2)N=C1N. The number of likely N-dealkylation sites (N-methyl/N-ethyl adjacent to an activating group) is 1. The van der Waals surface area contributed by atoms with Gasteiger partial charge in [0.15, 0.2) is 11.5 Å². The molecule has 0 saturated heterocycles. The van der Waals surface area contributed by atoms with E-state index in [1.54, 1.807) is 24.3 Å². The summed E-state index contributed by atoms with van der Waals surface area (Å²) in [6.07, 6.45) is 0. The first kappa shape index (κ1) is 23.9. The number of halogens is 2. The Kier molecular flexibility index (Phi) is 6.19. The molecule has 1 heterocycles. The summed E-state index contributed by atoms with van der Waals surface area (Å²) in [5.74, 6) is -0.376. The van der Waals surface area contributed by atoms with Crippen molar-refractivity contribution < 1.29 is 26.9 Å². The van der Waals surface area contributed by atoms with E-state index >= 15 is 0 Å². The smallest absolute Gasteiger partial charge is 0.294 e. The van der Waals surface area contributed by atoms with Crippen LogP contribution in [0.1, 0.15) is 16.7 Å². The molecule has 0 radical (unpaired) electrons. The van der Waals surface area contributed by atoms with Crippen molar-refractivity contribution in [3.8, 4) is 5.75 Å². The number of ether oxygens (including phenoxy) is 1. The number of nitrogens with zero attached hydrogens (tertiary/aromatic N) is 2. The second-order valence-electron chi connectivity index (χ2n) is 7.61. The minimum Gasteiger partial charge on any atom is -0.489 e. The summed E-state index contributed by atoms with van der Waals surface area (Å²) in [4.78, 5) is 18.8. The highest BCUT2D eigenvalue weighted by atomic mass is 79.9. The van der Waals surface area contributed by atoms with Gasteiger partial charge in [-0.3, -0.25) is 14.2 Å². The molecular formula is C23H19BrFN3O5S. The second kappa shape index (κ2) is 8.82. The standard InChI is InChI=1S/C23H19BrFN3O5S/c1-28-21(29)23(27-22(28)26,16-6-11-20(25)19(24)12-16)15-4-2-14(3-5-15)13-33-17-7-9-18(10-8-17)34(30,31)32/h2-12H,13H2,1H3,(H2,26,27)(H,30,31,32). The fourth-order valence-corrected chi connectivity index (χ4v) is 4.48. The molecule has 3 N–H and O–H groups in total. The Morgan fingerprint density at radius 2 is 1.71 bits per heavy atom. The van der Waals surface area contributed by atoms with E-state index in [0.717, 1.165) is 5.56 Å². The third kappa shape index (κ3) is 4.29. The number of amides is 1. The normalized spacial score (nSPS) is 18.2. The molecule has 0 aliphatic carbocycles. The zero-order valence-electron chi connectivity index (χ0n) is 17.8. The molecule has 0 aromatic heterocycles. The van der Waals surface area contributed by atoms with Gasteiger partial charge in [0.05, 0.1) is 9.37 Å². The molecule has 176 valence electrons. The number of carbonyl (C=O) groups excluding carboxylic acids is 1. The lowest BCUT2D eigenvalue weighted by Crippen LogP contribution is -2.41. The molecule has 1 amide bonds. The van der Waals surface area contributed by atoms with Crippen LogP contribution < -0.4 is 10.5 Å². The fourth-order valence-electron chi connectivity index (χ4n) is 3.62. The summed E-state index contributed by atoms with van der Waals surface area (Å²) in [5, 5.41) is 0. The molecular weight excluding hydrogens is 529 g/mol. The molecule has 1 atom stereocenters. The average molecular weight is 548 g/mol. The Hall–Kier alpha value is -3.28. The molecule has 0 spiro atoms. The zero-order valence-corrected chi connectivity index (χ0v) is 20.2. The van der Waals surface area contributed by atoms with Crippen LogP contribution in [0.4, 0.5) is 4.39 Å². The van der Waals surface area contributed by atoms with Crippen molar-refractivity contribution in [2.24, 2.45) is 10.7 Å². The predicted molar refractivity (Wildman–Crippen MR) is 126 cm³/mol. The van der Waals surface area contributed by atoms with E-state index in [9.17, 15) is 17.6 Å². The van der Waals surface area contributed by atoms with E-state index < -0.39 is 21.5 Å². The summed E-state index contributed by atoms with van der Waals surface area (Å²) in [7, 11) is -2.75. The van der Waals surface area contributed by atoms with Crippen molar-refractivity contribution in [1.82, 2.24) is 4.90 Å². The molecule has 1 aliphatic rings. The molecule has 34 heavy (non-hydrogen) atoms. The summed E-state index contributed by atoms with van der Waals surface area (Å²) in [5.41, 5.74) is 6.28. The van der Waals surface area contributed by atoms with Gasteiger partial charge in [0, 0.05) is 7.05 Å². The molecule has 3 aromatic carbocycles. The molecule has 0 saturated carbocycles. The van der Waals surface area contributed by atoms with E-state index in [2.05, 4.69) is 20.9 Å². The molecule has 0 bridgehead atoms. The van der Waals surface area contributed by atoms with Crippen molar-refractivity contribution in [1.29, 1.82) is 0 Å². The van der Waals surface area contributed by atoms with E-state index in [1.807, 2.05) is 0 Å². The van der Waals surface area contributed by atoms with Crippen LogP contribution in [0.3, 0.4) is 0 Å². The monoisotopic (exact) mass is 547 g/mol. The van der Waals surface area contributed by atoms with Gasteiger partial charge in [-0.1, -0.05) is 30.3 Å². The van der Waals surface area contributed by atoms with Crippen LogP contribution >= 0.6 is 15.9 Å². The summed E-state index contributed by atoms with van der Waals surface area (Å²) in [6.45, 7) is 0.167. The first-order valence-corrected chi connectivity index (χ1v) is 12.1. The number of hydrogen-bond donors (Lipinski definition) is 2. The maximum atomic E-state index is 13.9. The fraction of sp³-hybridized carbons (Fsp3) is 0.130. The minimum absolute atomic E-state index is 0.0474. The molecule has 1 aliphatic heterocycles. The zero-order chi connectivity index (χ0) is 24.7. The van der Waals surface area contributed by atoms with Crippen molar-refractivity contribution in [2.45, 2.75) is 17.0 Å². The molecule has 11 heteroatoms. The van der Waals surface area contributed by atoms with Crippen molar-refractivity contribution >= 4 is 37.9 Å². The quantitative estimate of drug-likeness (QED) is 0.456. The van der Waals surface area contributed by atoms with Crippen LogP contribution in [-0.2, 0) is 27.1 Å². The van der Waals surface area contributed by atoms with Crippen LogP contribution in [0.25, 0.3) is 0 Å². The van der Waals surface area contributed by atoms with Gasteiger partial charge in [-0.2, -0.15) is 8.42 Å². The Morgan fingerprint density at radius 3 is 2.24 bits per heavy atom. The largest absolute Gasteiger partial charge is 0.489 e. The summed E-state index contributed by atoms with van der Waals surface area (Å²) in [6, 6.07) is 16.6. The van der Waals surface area contributed by atoms with Crippen LogP contribution in [0.15, 0.2) is 81.1 Å². The molecule has 4 rings (SSSR count). The van der Waals surface area contributed by atoms with Crippen LogP contribution in [0, 0.1) is 5.82 Å². The van der Waals surface area contributed by atoms with Gasteiger partial charge in [-0.05, 0) is 69.0 Å². The molecule has 8 nitrogen and oxygen atoms in total. The highest BCUT2D eigenvalue weighted by Crippen LogP contribution is 2.40. The van der Waals surface area contributed by atoms with E-state index in [-0.39, 0.29) is 27.8 Å². The Morgan fingerprint density at radius 1 is 1.09 bits per heavy atom. The molecule has 0 fully saturated rings. The van der Waals surface area contributed by atoms with Crippen molar-refractivity contribution in [2.75, 3.05) is 7.05 Å². The highest BCUT2D eigenvalue weighted by Gasteiger charge is 2.49.